The third kappa shape index (κ3) is 2.32. The summed E-state index contributed by atoms with van der Waals surface area (Å²) in [6, 6.07) is 0.326. The minimum absolute atomic E-state index is 0.0835. The number of nitrogens with zero attached hydrogens (tertiary/aromatic N) is 1. The van der Waals surface area contributed by atoms with Crippen molar-refractivity contribution in [3.8, 4) is 0 Å². The van der Waals surface area contributed by atoms with Crippen LogP contribution in [-0.4, -0.2) is 42.1 Å². The van der Waals surface area contributed by atoms with Gasteiger partial charge in [0, 0.05) is 26.1 Å². The van der Waals surface area contributed by atoms with Crippen LogP contribution in [0.5, 0.6) is 0 Å². The molecule has 15 heavy (non-hydrogen) atoms. The van der Waals surface area contributed by atoms with Crippen molar-refractivity contribution in [2.24, 2.45) is 5.73 Å². The first-order chi connectivity index (χ1) is 7.11. The number of morpholine rings is 1. The van der Waals surface area contributed by atoms with Gasteiger partial charge in [-0.15, -0.1) is 0 Å². The van der Waals surface area contributed by atoms with Crippen molar-refractivity contribution < 1.29 is 9.53 Å². The number of hydrogen-bond donors (Lipinski definition) is 1. The Bertz CT molecular complexity index is 247. The molecule has 0 radical (unpaired) electrons. The molecule has 1 amide bonds. The normalized spacial score (nSPS) is 36.9. The van der Waals surface area contributed by atoms with E-state index in [1.165, 1.54) is 0 Å². The van der Waals surface area contributed by atoms with Crippen LogP contribution in [0.1, 0.15) is 32.6 Å². The molecule has 1 heterocycles. The number of carbonyl (C=O) groups excluding carboxylic acids is 1. The van der Waals surface area contributed by atoms with Crippen LogP contribution >= 0.6 is 0 Å². The predicted molar refractivity (Wildman–Crippen MR) is 57.4 cm³/mol. The van der Waals surface area contributed by atoms with Crippen molar-refractivity contribution in [1.29, 1.82) is 0 Å². The van der Waals surface area contributed by atoms with E-state index in [1.807, 2.05) is 4.90 Å². The second-order valence-electron chi connectivity index (χ2n) is 4.81. The first-order valence-electron chi connectivity index (χ1n) is 5.76. The molecule has 2 rings (SSSR count). The molecule has 1 aliphatic carbocycles. The smallest absolute Gasteiger partial charge is 0.219 e. The molecule has 0 aromatic rings. The highest BCUT2D eigenvalue weighted by Gasteiger charge is 2.39. The van der Waals surface area contributed by atoms with E-state index in [1.54, 1.807) is 6.92 Å². The molecule has 0 unspecified atom stereocenters. The third-order valence-electron chi connectivity index (χ3n) is 3.64. The highest BCUT2D eigenvalue weighted by molar-refractivity contribution is 5.73. The number of nitrogens with two attached hydrogens (primary N) is 1. The number of rotatable bonds is 0. The van der Waals surface area contributed by atoms with Gasteiger partial charge in [-0.3, -0.25) is 4.79 Å². The van der Waals surface area contributed by atoms with Crippen molar-refractivity contribution in [1.82, 2.24) is 4.90 Å². The van der Waals surface area contributed by atoms with E-state index >= 15 is 0 Å². The molecule has 1 aliphatic heterocycles. The van der Waals surface area contributed by atoms with Gasteiger partial charge in [0.25, 0.3) is 0 Å². The Morgan fingerprint density at radius 1 is 1.47 bits per heavy atom. The van der Waals surface area contributed by atoms with Crippen molar-refractivity contribution in [3.05, 3.63) is 0 Å². The molecule has 0 aromatic carbocycles. The molecule has 0 aromatic heterocycles. The Hall–Kier alpha value is -0.610. The van der Waals surface area contributed by atoms with Crippen molar-refractivity contribution >= 4 is 5.91 Å². The van der Waals surface area contributed by atoms with Gasteiger partial charge in [0.1, 0.15) is 0 Å². The van der Waals surface area contributed by atoms with Gasteiger partial charge in [-0.05, 0) is 25.7 Å². The topological polar surface area (TPSA) is 55.6 Å². The highest BCUT2D eigenvalue weighted by atomic mass is 16.5. The summed E-state index contributed by atoms with van der Waals surface area (Å²) in [5.74, 6) is 0.160. The van der Waals surface area contributed by atoms with Crippen LogP contribution in [0.2, 0.25) is 0 Å². The summed E-state index contributed by atoms with van der Waals surface area (Å²) in [4.78, 5) is 13.2. The molecule has 4 heteroatoms. The van der Waals surface area contributed by atoms with Crippen LogP contribution < -0.4 is 5.73 Å². The van der Waals surface area contributed by atoms with E-state index in [2.05, 4.69) is 0 Å². The predicted octanol–water partition coefficient (Wildman–Crippen LogP) is 0.505. The summed E-state index contributed by atoms with van der Waals surface area (Å²) in [6.07, 6.45) is 4.04. The quantitative estimate of drug-likeness (QED) is 0.636. The maximum atomic E-state index is 11.3. The Morgan fingerprint density at radius 3 is 2.73 bits per heavy atom. The van der Waals surface area contributed by atoms with E-state index in [0.29, 0.717) is 12.6 Å². The van der Waals surface area contributed by atoms with Crippen LogP contribution in [0, 0.1) is 0 Å². The maximum absolute atomic E-state index is 11.3. The number of ether oxygens (including phenoxy) is 1. The largest absolute Gasteiger partial charge is 0.371 e. The lowest BCUT2D eigenvalue weighted by atomic mass is 9.81. The van der Waals surface area contributed by atoms with Gasteiger partial charge in [-0.2, -0.15) is 0 Å². The van der Waals surface area contributed by atoms with Crippen LogP contribution in [0.4, 0.5) is 0 Å². The zero-order valence-corrected chi connectivity index (χ0v) is 9.37. The molecule has 1 saturated heterocycles. The Labute approximate surface area is 90.8 Å². The molecule has 1 spiro atoms. The van der Waals surface area contributed by atoms with Gasteiger partial charge in [0.2, 0.25) is 5.91 Å². The van der Waals surface area contributed by atoms with E-state index in [0.717, 1.165) is 38.8 Å². The van der Waals surface area contributed by atoms with Crippen molar-refractivity contribution in [3.63, 3.8) is 0 Å². The molecule has 2 fully saturated rings. The second kappa shape index (κ2) is 4.10. The fourth-order valence-electron chi connectivity index (χ4n) is 2.58. The molecule has 1 saturated carbocycles. The van der Waals surface area contributed by atoms with Gasteiger partial charge in [-0.1, -0.05) is 0 Å². The lowest BCUT2D eigenvalue weighted by Gasteiger charge is -2.45. The van der Waals surface area contributed by atoms with E-state index in [9.17, 15) is 4.79 Å². The van der Waals surface area contributed by atoms with Gasteiger partial charge >= 0.3 is 0 Å². The van der Waals surface area contributed by atoms with Crippen LogP contribution in [0.15, 0.2) is 0 Å². The zero-order chi connectivity index (χ0) is 10.9. The lowest BCUT2D eigenvalue weighted by molar-refractivity contribution is -0.155. The number of amides is 1. The minimum Gasteiger partial charge on any atom is -0.371 e. The van der Waals surface area contributed by atoms with Gasteiger partial charge < -0.3 is 15.4 Å². The lowest BCUT2D eigenvalue weighted by Crippen LogP contribution is -2.55. The fraction of sp³-hybridized carbons (Fsp3) is 0.909. The standard InChI is InChI=1S/C11H20N2O2/c1-9(14)13-6-7-15-11(8-13)4-2-10(12)3-5-11/h10H,2-8,12H2,1H3. The molecular formula is C11H20N2O2. The van der Waals surface area contributed by atoms with E-state index in [-0.39, 0.29) is 11.5 Å². The number of hydrogen-bond acceptors (Lipinski definition) is 3. The summed E-state index contributed by atoms with van der Waals surface area (Å²) >= 11 is 0. The van der Waals surface area contributed by atoms with Crippen LogP contribution in [0.3, 0.4) is 0 Å². The molecule has 86 valence electrons. The second-order valence-corrected chi connectivity index (χ2v) is 4.81. The van der Waals surface area contributed by atoms with E-state index < -0.39 is 0 Å². The molecule has 0 atom stereocenters. The van der Waals surface area contributed by atoms with Crippen molar-refractivity contribution in [2.75, 3.05) is 19.7 Å². The average molecular weight is 212 g/mol. The highest BCUT2D eigenvalue weighted by Crippen LogP contribution is 2.33. The van der Waals surface area contributed by atoms with Gasteiger partial charge in [-0.25, -0.2) is 0 Å². The summed E-state index contributed by atoms with van der Waals surface area (Å²) in [5, 5.41) is 0. The molecule has 0 bridgehead atoms. The van der Waals surface area contributed by atoms with Crippen molar-refractivity contribution in [2.45, 2.75) is 44.2 Å². The first-order valence-corrected chi connectivity index (χ1v) is 5.76. The van der Waals surface area contributed by atoms with E-state index in [4.69, 9.17) is 10.5 Å². The molecular weight excluding hydrogens is 192 g/mol. The minimum atomic E-state index is -0.0835. The van der Waals surface area contributed by atoms with Crippen LogP contribution in [0.25, 0.3) is 0 Å². The summed E-state index contributed by atoms with van der Waals surface area (Å²) in [7, 11) is 0. The maximum Gasteiger partial charge on any atom is 0.219 e. The average Bonchev–Trinajstić information content (AvgIpc) is 2.23. The molecule has 4 nitrogen and oxygen atoms in total. The summed E-state index contributed by atoms with van der Waals surface area (Å²) in [5.41, 5.74) is 5.80. The molecule has 2 aliphatic rings. The van der Waals surface area contributed by atoms with Gasteiger partial charge in [0.05, 0.1) is 12.2 Å². The third-order valence-corrected chi connectivity index (χ3v) is 3.64. The monoisotopic (exact) mass is 212 g/mol. The fourth-order valence-corrected chi connectivity index (χ4v) is 2.58. The summed E-state index contributed by atoms with van der Waals surface area (Å²) in [6.45, 7) is 3.81. The first kappa shape index (κ1) is 10.9. The zero-order valence-electron chi connectivity index (χ0n) is 9.37. The Morgan fingerprint density at radius 2 is 2.13 bits per heavy atom. The molecule has 2 N–H and O–H groups in total. The Balaban J connectivity index is 1.99. The summed E-state index contributed by atoms with van der Waals surface area (Å²) < 4.78 is 5.89. The van der Waals surface area contributed by atoms with Gasteiger partial charge in [0.15, 0.2) is 0 Å². The SMILES string of the molecule is CC(=O)N1CCOC2(CCC(N)CC2)C1. The number of carbonyl (C=O) groups is 1. The Kier molecular flexibility index (Phi) is 2.98. The van der Waals surface area contributed by atoms with Crippen LogP contribution in [-0.2, 0) is 9.53 Å².